The quantitative estimate of drug-likeness (QED) is 0.734. The first-order valence-electron chi connectivity index (χ1n) is 6.28. The highest BCUT2D eigenvalue weighted by Gasteiger charge is 2.53. The molecule has 0 aromatic carbocycles. The summed E-state index contributed by atoms with van der Waals surface area (Å²) >= 11 is 0. The van der Waals surface area contributed by atoms with Crippen LogP contribution in [0.4, 0.5) is 0 Å². The molecule has 17 heavy (non-hydrogen) atoms. The van der Waals surface area contributed by atoms with Crippen LogP contribution < -0.4 is 10.5 Å². The standard InChI is InChI=1S/C11H22N2O3S/c1-7(2)4-6-17(14,15)13-10-9(12)8-3-5-16-11(8)10/h7-11,13H,3-6,12H2,1-2H3. The van der Waals surface area contributed by atoms with Gasteiger partial charge < -0.3 is 10.5 Å². The summed E-state index contributed by atoms with van der Waals surface area (Å²) in [5, 5.41) is 0. The van der Waals surface area contributed by atoms with Crippen LogP contribution in [0.15, 0.2) is 0 Å². The van der Waals surface area contributed by atoms with Gasteiger partial charge in [0.1, 0.15) is 0 Å². The summed E-state index contributed by atoms with van der Waals surface area (Å²) in [7, 11) is -3.22. The van der Waals surface area contributed by atoms with Gasteiger partial charge in [-0.05, 0) is 18.8 Å². The number of hydrogen-bond acceptors (Lipinski definition) is 4. The largest absolute Gasteiger partial charge is 0.376 e. The topological polar surface area (TPSA) is 81.4 Å². The number of fused-ring (bicyclic) bond motifs is 1. The van der Waals surface area contributed by atoms with Crippen molar-refractivity contribution in [3.8, 4) is 0 Å². The summed E-state index contributed by atoms with van der Waals surface area (Å²) in [6.45, 7) is 4.73. The molecule has 6 heteroatoms. The summed E-state index contributed by atoms with van der Waals surface area (Å²) < 4.78 is 31.9. The highest BCUT2D eigenvalue weighted by molar-refractivity contribution is 7.89. The van der Waals surface area contributed by atoms with E-state index in [4.69, 9.17) is 10.5 Å². The Morgan fingerprint density at radius 1 is 1.47 bits per heavy atom. The van der Waals surface area contributed by atoms with Gasteiger partial charge in [-0.1, -0.05) is 13.8 Å². The van der Waals surface area contributed by atoms with E-state index >= 15 is 0 Å². The molecule has 0 spiro atoms. The Bertz CT molecular complexity index is 369. The molecular formula is C11H22N2O3S. The summed E-state index contributed by atoms with van der Waals surface area (Å²) in [4.78, 5) is 0. The molecule has 1 saturated carbocycles. The first-order valence-corrected chi connectivity index (χ1v) is 7.93. The van der Waals surface area contributed by atoms with Crippen LogP contribution in [0.2, 0.25) is 0 Å². The van der Waals surface area contributed by atoms with Gasteiger partial charge in [0.25, 0.3) is 0 Å². The molecule has 0 aromatic heterocycles. The zero-order valence-corrected chi connectivity index (χ0v) is 11.2. The van der Waals surface area contributed by atoms with Crippen molar-refractivity contribution in [2.75, 3.05) is 12.4 Å². The van der Waals surface area contributed by atoms with Crippen LogP contribution in [0.25, 0.3) is 0 Å². The van der Waals surface area contributed by atoms with Crippen molar-refractivity contribution < 1.29 is 13.2 Å². The Morgan fingerprint density at radius 2 is 2.18 bits per heavy atom. The van der Waals surface area contributed by atoms with Gasteiger partial charge >= 0.3 is 0 Å². The SMILES string of the molecule is CC(C)CCS(=O)(=O)NC1C(N)C2CCOC21. The number of hydrogen-bond donors (Lipinski definition) is 2. The van der Waals surface area contributed by atoms with Gasteiger partial charge in [-0.25, -0.2) is 13.1 Å². The highest BCUT2D eigenvalue weighted by atomic mass is 32.2. The number of nitrogens with one attached hydrogen (secondary N) is 1. The third-order valence-corrected chi connectivity index (χ3v) is 5.13. The molecule has 2 fully saturated rings. The zero-order chi connectivity index (χ0) is 12.6. The smallest absolute Gasteiger partial charge is 0.212 e. The summed E-state index contributed by atoms with van der Waals surface area (Å²) in [5.41, 5.74) is 5.96. The molecule has 3 N–H and O–H groups in total. The third kappa shape index (κ3) is 2.81. The number of ether oxygens (including phenoxy) is 1. The second-order valence-corrected chi connectivity index (χ2v) is 7.38. The summed E-state index contributed by atoms with van der Waals surface area (Å²) in [6.07, 6.45) is 1.63. The molecule has 100 valence electrons. The van der Waals surface area contributed by atoms with Gasteiger partial charge in [-0.3, -0.25) is 0 Å². The molecule has 0 bridgehead atoms. The molecule has 0 radical (unpaired) electrons. The zero-order valence-electron chi connectivity index (χ0n) is 10.4. The molecule has 0 amide bonds. The summed E-state index contributed by atoms with van der Waals surface area (Å²) in [6, 6.07) is -0.309. The second kappa shape index (κ2) is 4.84. The average molecular weight is 262 g/mol. The predicted octanol–water partition coefficient (Wildman–Crippen LogP) is 0.0665. The van der Waals surface area contributed by atoms with Crippen molar-refractivity contribution >= 4 is 10.0 Å². The fourth-order valence-corrected chi connectivity index (χ4v) is 4.16. The Morgan fingerprint density at radius 3 is 2.82 bits per heavy atom. The van der Waals surface area contributed by atoms with E-state index in [-0.39, 0.29) is 23.9 Å². The predicted molar refractivity (Wildman–Crippen MR) is 66.0 cm³/mol. The van der Waals surface area contributed by atoms with Crippen LogP contribution in [0.1, 0.15) is 26.7 Å². The van der Waals surface area contributed by atoms with Gasteiger partial charge in [-0.2, -0.15) is 0 Å². The van der Waals surface area contributed by atoms with E-state index in [0.29, 0.717) is 24.9 Å². The van der Waals surface area contributed by atoms with E-state index in [1.807, 2.05) is 13.8 Å². The minimum atomic E-state index is -3.22. The van der Waals surface area contributed by atoms with Crippen LogP contribution in [0.5, 0.6) is 0 Å². The number of rotatable bonds is 5. The maximum atomic E-state index is 11.9. The van der Waals surface area contributed by atoms with E-state index in [1.165, 1.54) is 0 Å². The highest BCUT2D eigenvalue weighted by Crippen LogP contribution is 2.38. The molecule has 1 aliphatic carbocycles. The lowest BCUT2D eigenvalue weighted by molar-refractivity contribution is -0.00924. The first kappa shape index (κ1) is 13.3. The molecule has 1 heterocycles. The van der Waals surface area contributed by atoms with Crippen molar-refractivity contribution in [3.63, 3.8) is 0 Å². The Labute approximate surface area is 103 Å². The molecule has 2 aliphatic rings. The first-order chi connectivity index (χ1) is 7.91. The fraction of sp³-hybridized carbons (Fsp3) is 1.00. The molecule has 2 rings (SSSR count). The third-order valence-electron chi connectivity index (χ3n) is 3.73. The Balaban J connectivity index is 1.88. The molecule has 1 aliphatic heterocycles. The molecule has 4 atom stereocenters. The minimum Gasteiger partial charge on any atom is -0.376 e. The molecule has 5 nitrogen and oxygen atoms in total. The molecule has 0 aromatic rings. The fourth-order valence-electron chi connectivity index (χ4n) is 2.55. The lowest BCUT2D eigenvalue weighted by Crippen LogP contribution is -2.69. The van der Waals surface area contributed by atoms with Gasteiger partial charge in [0.2, 0.25) is 10.0 Å². The average Bonchev–Trinajstić information content (AvgIpc) is 2.68. The Hall–Kier alpha value is -0.170. The van der Waals surface area contributed by atoms with E-state index < -0.39 is 10.0 Å². The van der Waals surface area contributed by atoms with Gasteiger partial charge in [0.15, 0.2) is 0 Å². The van der Waals surface area contributed by atoms with Gasteiger partial charge in [-0.15, -0.1) is 0 Å². The van der Waals surface area contributed by atoms with E-state index in [0.717, 1.165) is 6.42 Å². The van der Waals surface area contributed by atoms with E-state index in [9.17, 15) is 8.42 Å². The van der Waals surface area contributed by atoms with Crippen LogP contribution in [0.3, 0.4) is 0 Å². The summed E-state index contributed by atoms with van der Waals surface area (Å²) in [5.74, 6) is 0.899. The van der Waals surface area contributed by atoms with Crippen LogP contribution >= 0.6 is 0 Å². The lowest BCUT2D eigenvalue weighted by atomic mass is 9.73. The van der Waals surface area contributed by atoms with Crippen LogP contribution in [-0.4, -0.2) is 39.0 Å². The maximum absolute atomic E-state index is 11.9. The molecule has 1 saturated heterocycles. The van der Waals surface area contributed by atoms with Crippen LogP contribution in [0, 0.1) is 11.8 Å². The van der Waals surface area contributed by atoms with Crippen molar-refractivity contribution in [1.82, 2.24) is 4.72 Å². The van der Waals surface area contributed by atoms with Crippen molar-refractivity contribution in [1.29, 1.82) is 0 Å². The number of nitrogens with two attached hydrogens (primary N) is 1. The second-order valence-electron chi connectivity index (χ2n) is 5.51. The van der Waals surface area contributed by atoms with Crippen LogP contribution in [-0.2, 0) is 14.8 Å². The molecular weight excluding hydrogens is 240 g/mol. The van der Waals surface area contributed by atoms with Gasteiger partial charge in [0.05, 0.1) is 17.9 Å². The van der Waals surface area contributed by atoms with E-state index in [2.05, 4.69) is 4.72 Å². The van der Waals surface area contributed by atoms with Crippen molar-refractivity contribution in [2.45, 2.75) is 44.9 Å². The minimum absolute atomic E-state index is 0.00109. The monoisotopic (exact) mass is 262 g/mol. The lowest BCUT2D eigenvalue weighted by Gasteiger charge is -2.45. The normalized spacial score (nSPS) is 36.9. The molecule has 4 unspecified atom stereocenters. The van der Waals surface area contributed by atoms with Crippen molar-refractivity contribution in [3.05, 3.63) is 0 Å². The number of sulfonamides is 1. The maximum Gasteiger partial charge on any atom is 0.212 e. The van der Waals surface area contributed by atoms with E-state index in [1.54, 1.807) is 0 Å². The van der Waals surface area contributed by atoms with Gasteiger partial charge in [0, 0.05) is 18.6 Å². The van der Waals surface area contributed by atoms with Crippen molar-refractivity contribution in [2.24, 2.45) is 17.6 Å². The Kier molecular flexibility index (Phi) is 3.77.